The molecule has 0 aliphatic carbocycles. The van der Waals surface area contributed by atoms with E-state index in [1.165, 1.54) is 17.7 Å². The lowest BCUT2D eigenvalue weighted by atomic mass is 10.1. The van der Waals surface area contributed by atoms with Gasteiger partial charge < -0.3 is 9.64 Å². The van der Waals surface area contributed by atoms with Crippen LogP contribution >= 0.6 is 0 Å². The Morgan fingerprint density at radius 1 is 1.12 bits per heavy atom. The standard InChI is InChI=1S/C21H23FN2O2/c22-18-7-5-17(6-8-18)20-15-23(13-14-26-20)11-10-21(25)24-12-9-16-3-1-2-4-19(16)24/h1-8,20H,9-15H2. The van der Waals surface area contributed by atoms with Gasteiger partial charge in [0, 0.05) is 38.3 Å². The zero-order valence-corrected chi connectivity index (χ0v) is 14.7. The average Bonchev–Trinajstić information content (AvgIpc) is 3.11. The van der Waals surface area contributed by atoms with Gasteiger partial charge in [0.2, 0.25) is 5.91 Å². The van der Waals surface area contributed by atoms with Gasteiger partial charge in [-0.1, -0.05) is 30.3 Å². The number of rotatable bonds is 4. The Balaban J connectivity index is 1.33. The smallest absolute Gasteiger partial charge is 0.228 e. The number of ether oxygens (including phenoxy) is 1. The molecule has 0 spiro atoms. The zero-order valence-electron chi connectivity index (χ0n) is 14.7. The molecule has 0 radical (unpaired) electrons. The topological polar surface area (TPSA) is 32.8 Å². The lowest BCUT2D eigenvalue weighted by molar-refractivity contribution is -0.119. The molecule has 1 amide bonds. The van der Waals surface area contributed by atoms with E-state index in [9.17, 15) is 9.18 Å². The molecule has 1 saturated heterocycles. The van der Waals surface area contributed by atoms with Crippen molar-refractivity contribution in [2.45, 2.75) is 18.9 Å². The molecule has 0 aromatic heterocycles. The molecular weight excluding hydrogens is 331 g/mol. The van der Waals surface area contributed by atoms with Gasteiger partial charge in [-0.15, -0.1) is 0 Å². The van der Waals surface area contributed by atoms with Crippen LogP contribution in [0.1, 0.15) is 23.7 Å². The Bertz CT molecular complexity index is 778. The average molecular weight is 354 g/mol. The van der Waals surface area contributed by atoms with Crippen LogP contribution in [0.25, 0.3) is 0 Å². The third-order valence-electron chi connectivity index (χ3n) is 5.22. The quantitative estimate of drug-likeness (QED) is 0.845. The second-order valence-electron chi connectivity index (χ2n) is 6.89. The van der Waals surface area contributed by atoms with Gasteiger partial charge in [-0.25, -0.2) is 4.39 Å². The first-order valence-corrected chi connectivity index (χ1v) is 9.18. The van der Waals surface area contributed by atoms with E-state index in [1.807, 2.05) is 23.1 Å². The summed E-state index contributed by atoms with van der Waals surface area (Å²) in [6, 6.07) is 14.6. The first-order chi connectivity index (χ1) is 12.7. The van der Waals surface area contributed by atoms with Crippen molar-refractivity contribution in [3.05, 3.63) is 65.5 Å². The number of morpholine rings is 1. The Morgan fingerprint density at radius 3 is 2.77 bits per heavy atom. The van der Waals surface area contributed by atoms with Crippen LogP contribution in [0.3, 0.4) is 0 Å². The minimum atomic E-state index is -0.238. The number of hydrogen-bond acceptors (Lipinski definition) is 3. The fourth-order valence-corrected chi connectivity index (χ4v) is 3.77. The molecule has 2 aliphatic heterocycles. The van der Waals surface area contributed by atoms with Crippen LogP contribution in [-0.2, 0) is 16.0 Å². The summed E-state index contributed by atoms with van der Waals surface area (Å²) in [6.07, 6.45) is 1.38. The maximum Gasteiger partial charge on any atom is 0.228 e. The Hall–Kier alpha value is -2.24. The largest absolute Gasteiger partial charge is 0.371 e. The van der Waals surface area contributed by atoms with Crippen molar-refractivity contribution in [2.24, 2.45) is 0 Å². The van der Waals surface area contributed by atoms with Crippen LogP contribution in [0, 0.1) is 5.82 Å². The van der Waals surface area contributed by atoms with Crippen LogP contribution in [0.2, 0.25) is 0 Å². The first-order valence-electron chi connectivity index (χ1n) is 9.18. The van der Waals surface area contributed by atoms with E-state index in [2.05, 4.69) is 11.0 Å². The predicted molar refractivity (Wildman–Crippen MR) is 98.6 cm³/mol. The molecule has 4 rings (SSSR count). The van der Waals surface area contributed by atoms with Crippen molar-refractivity contribution in [3.63, 3.8) is 0 Å². The van der Waals surface area contributed by atoms with Gasteiger partial charge in [0.25, 0.3) is 0 Å². The second kappa shape index (κ2) is 7.56. The molecule has 2 aliphatic rings. The van der Waals surface area contributed by atoms with Gasteiger partial charge >= 0.3 is 0 Å². The van der Waals surface area contributed by atoms with E-state index in [0.29, 0.717) is 13.0 Å². The van der Waals surface area contributed by atoms with Gasteiger partial charge in [-0.2, -0.15) is 0 Å². The van der Waals surface area contributed by atoms with Gasteiger partial charge in [-0.05, 0) is 35.7 Å². The van der Waals surface area contributed by atoms with Gasteiger partial charge in [0.1, 0.15) is 5.82 Å². The number of hydrogen-bond donors (Lipinski definition) is 0. The van der Waals surface area contributed by atoms with Crippen LogP contribution in [-0.4, -0.2) is 43.6 Å². The van der Waals surface area contributed by atoms with E-state index in [-0.39, 0.29) is 17.8 Å². The van der Waals surface area contributed by atoms with Gasteiger partial charge in [-0.3, -0.25) is 9.69 Å². The van der Waals surface area contributed by atoms with E-state index in [1.54, 1.807) is 12.1 Å². The van der Waals surface area contributed by atoms with E-state index >= 15 is 0 Å². The number of para-hydroxylation sites is 1. The molecule has 0 bridgehead atoms. The number of halogens is 1. The van der Waals surface area contributed by atoms with Crippen molar-refractivity contribution >= 4 is 11.6 Å². The monoisotopic (exact) mass is 354 g/mol. The molecule has 26 heavy (non-hydrogen) atoms. The summed E-state index contributed by atoms with van der Waals surface area (Å²) >= 11 is 0. The summed E-state index contributed by atoms with van der Waals surface area (Å²) in [6.45, 7) is 3.68. The molecule has 1 fully saturated rings. The van der Waals surface area contributed by atoms with Gasteiger partial charge in [0.05, 0.1) is 12.7 Å². The molecule has 0 N–H and O–H groups in total. The minimum absolute atomic E-state index is 0.0630. The number of carbonyl (C=O) groups excluding carboxylic acids is 1. The Kier molecular flexibility index (Phi) is 5.00. The fourth-order valence-electron chi connectivity index (χ4n) is 3.77. The van der Waals surface area contributed by atoms with Crippen molar-refractivity contribution in [2.75, 3.05) is 37.7 Å². The number of nitrogens with zero attached hydrogens (tertiary/aromatic N) is 2. The molecule has 2 aromatic rings. The number of fused-ring (bicyclic) bond motifs is 1. The molecule has 2 heterocycles. The van der Waals surface area contributed by atoms with Crippen molar-refractivity contribution in [3.8, 4) is 0 Å². The fraction of sp³-hybridized carbons (Fsp3) is 0.381. The molecule has 2 aromatic carbocycles. The maximum atomic E-state index is 13.1. The Morgan fingerprint density at radius 2 is 1.92 bits per heavy atom. The van der Waals surface area contributed by atoms with E-state index in [0.717, 1.165) is 43.9 Å². The summed E-state index contributed by atoms with van der Waals surface area (Å²) in [7, 11) is 0. The van der Waals surface area contributed by atoms with Crippen molar-refractivity contribution < 1.29 is 13.9 Å². The van der Waals surface area contributed by atoms with Crippen LogP contribution in [0.15, 0.2) is 48.5 Å². The molecule has 0 saturated carbocycles. The highest BCUT2D eigenvalue weighted by Gasteiger charge is 2.26. The molecular formula is C21H23FN2O2. The second-order valence-corrected chi connectivity index (χ2v) is 6.89. The Labute approximate surface area is 153 Å². The highest BCUT2D eigenvalue weighted by atomic mass is 19.1. The van der Waals surface area contributed by atoms with Crippen LogP contribution < -0.4 is 4.90 Å². The highest BCUT2D eigenvalue weighted by molar-refractivity contribution is 5.95. The maximum absolute atomic E-state index is 13.1. The van der Waals surface area contributed by atoms with Crippen molar-refractivity contribution in [1.82, 2.24) is 4.90 Å². The normalized spacial score (nSPS) is 20.2. The molecule has 1 atom stereocenters. The molecule has 1 unspecified atom stereocenters. The molecule has 5 heteroatoms. The van der Waals surface area contributed by atoms with Crippen LogP contribution in [0.4, 0.5) is 10.1 Å². The lowest BCUT2D eigenvalue weighted by Gasteiger charge is -2.33. The molecule has 136 valence electrons. The third-order valence-corrected chi connectivity index (χ3v) is 5.22. The number of benzene rings is 2. The first kappa shape index (κ1) is 17.2. The zero-order chi connectivity index (χ0) is 17.9. The summed E-state index contributed by atoms with van der Waals surface area (Å²) in [4.78, 5) is 16.8. The third kappa shape index (κ3) is 3.64. The van der Waals surface area contributed by atoms with E-state index in [4.69, 9.17) is 4.74 Å². The summed E-state index contributed by atoms with van der Waals surface area (Å²) in [5, 5.41) is 0. The van der Waals surface area contributed by atoms with Crippen LogP contribution in [0.5, 0.6) is 0 Å². The molecule has 4 nitrogen and oxygen atoms in total. The summed E-state index contributed by atoms with van der Waals surface area (Å²) in [5.41, 5.74) is 3.29. The minimum Gasteiger partial charge on any atom is -0.371 e. The highest BCUT2D eigenvalue weighted by Crippen LogP contribution is 2.28. The van der Waals surface area contributed by atoms with Crippen molar-refractivity contribution in [1.29, 1.82) is 0 Å². The van der Waals surface area contributed by atoms with E-state index < -0.39 is 0 Å². The summed E-state index contributed by atoms with van der Waals surface area (Å²) < 4.78 is 18.9. The summed E-state index contributed by atoms with van der Waals surface area (Å²) in [5.74, 6) is -0.0577. The number of carbonyl (C=O) groups is 1. The number of anilines is 1. The predicted octanol–water partition coefficient (Wildman–Crippen LogP) is 3.18. The van der Waals surface area contributed by atoms with Gasteiger partial charge in [0.15, 0.2) is 0 Å². The SMILES string of the molecule is O=C(CCN1CCOC(c2ccc(F)cc2)C1)N1CCc2ccccc21. The number of amides is 1. The lowest BCUT2D eigenvalue weighted by Crippen LogP contribution is -2.41.